The summed E-state index contributed by atoms with van der Waals surface area (Å²) in [5.74, 6) is -1.60. The normalized spacial score (nSPS) is 15.0. The third-order valence-electron chi connectivity index (χ3n) is 3.90. The van der Waals surface area contributed by atoms with Crippen molar-refractivity contribution in [3.63, 3.8) is 0 Å². The van der Waals surface area contributed by atoms with E-state index in [-0.39, 0.29) is 24.4 Å². The molecule has 0 unspecified atom stereocenters. The number of nitrogens with zero attached hydrogens (tertiary/aromatic N) is 1. The zero-order valence-corrected chi connectivity index (χ0v) is 13.3. The Morgan fingerprint density at radius 1 is 1.41 bits per heavy atom. The van der Waals surface area contributed by atoms with Gasteiger partial charge in [0.2, 0.25) is 0 Å². The lowest BCUT2D eigenvalue weighted by Crippen LogP contribution is -2.87. The summed E-state index contributed by atoms with van der Waals surface area (Å²) in [7, 11) is 0. The lowest BCUT2D eigenvalue weighted by Gasteiger charge is -2.27. The van der Waals surface area contributed by atoms with Crippen LogP contribution in [-0.4, -0.2) is 18.0 Å². The van der Waals surface area contributed by atoms with Gasteiger partial charge in [-0.15, -0.1) is 0 Å². The van der Waals surface area contributed by atoms with Gasteiger partial charge in [0.1, 0.15) is 23.2 Å². The molecule has 22 heavy (non-hydrogen) atoms. The molecule has 0 fully saturated rings. The first-order chi connectivity index (χ1) is 10.2. The van der Waals surface area contributed by atoms with Crippen molar-refractivity contribution in [3.05, 3.63) is 35.4 Å². The average molecular weight is 310 g/mol. The summed E-state index contributed by atoms with van der Waals surface area (Å²) < 4.78 is 26.5. The van der Waals surface area contributed by atoms with Crippen LogP contribution in [0.15, 0.2) is 18.2 Å². The van der Waals surface area contributed by atoms with Crippen LogP contribution in [0.25, 0.3) is 0 Å². The van der Waals surface area contributed by atoms with Crippen molar-refractivity contribution < 1.29 is 18.9 Å². The molecule has 0 aliphatic carbocycles. The molecule has 0 aliphatic heterocycles. The van der Waals surface area contributed by atoms with Gasteiger partial charge in [-0.3, -0.25) is 4.79 Å². The zero-order valence-electron chi connectivity index (χ0n) is 13.3. The lowest BCUT2D eigenvalue weighted by atomic mass is 9.90. The SMILES string of the molecule is CC(C)[C@](C)(C#N)NC(=O)C[NH2+][C@H](C)c1ccc(F)cc1F. The minimum absolute atomic E-state index is 0.0339. The number of carbonyl (C=O) groups is 1. The maximum atomic E-state index is 13.7. The van der Waals surface area contributed by atoms with Gasteiger partial charge in [-0.1, -0.05) is 13.8 Å². The third kappa shape index (κ3) is 4.50. The molecule has 4 nitrogen and oxygen atoms in total. The maximum absolute atomic E-state index is 13.7. The molecule has 1 rings (SSSR count). The van der Waals surface area contributed by atoms with Gasteiger partial charge in [0, 0.05) is 11.6 Å². The fourth-order valence-corrected chi connectivity index (χ4v) is 1.92. The summed E-state index contributed by atoms with van der Waals surface area (Å²) in [5, 5.41) is 13.5. The van der Waals surface area contributed by atoms with Crippen LogP contribution in [0.1, 0.15) is 39.3 Å². The number of hydrogen-bond acceptors (Lipinski definition) is 2. The van der Waals surface area contributed by atoms with Crippen LogP contribution < -0.4 is 10.6 Å². The van der Waals surface area contributed by atoms with Gasteiger partial charge in [0.15, 0.2) is 6.54 Å². The summed E-state index contributed by atoms with van der Waals surface area (Å²) in [4.78, 5) is 11.9. The standard InChI is InChI=1S/C16H21F2N3O/c1-10(2)16(4,9-19)21-15(22)8-20-11(3)13-6-5-12(17)7-14(13)18/h5-7,10-11,20H,8H2,1-4H3,(H,21,22)/p+1/t11-,16+/m1/s1. The number of halogens is 2. The molecule has 0 radical (unpaired) electrons. The second-order valence-corrected chi connectivity index (χ2v) is 5.91. The highest BCUT2D eigenvalue weighted by Gasteiger charge is 2.30. The number of nitrogens with one attached hydrogen (secondary N) is 1. The van der Waals surface area contributed by atoms with Gasteiger partial charge in [-0.25, -0.2) is 8.78 Å². The Morgan fingerprint density at radius 3 is 2.55 bits per heavy atom. The highest BCUT2D eigenvalue weighted by molar-refractivity contribution is 5.78. The first-order valence-corrected chi connectivity index (χ1v) is 7.20. The van der Waals surface area contributed by atoms with E-state index in [1.807, 2.05) is 13.8 Å². The Kier molecular flexibility index (Phi) is 6.01. The summed E-state index contributed by atoms with van der Waals surface area (Å²) in [6, 6.07) is 5.15. The molecule has 1 aromatic rings. The second kappa shape index (κ2) is 7.32. The van der Waals surface area contributed by atoms with Gasteiger partial charge < -0.3 is 10.6 Å². The number of carbonyl (C=O) groups excluding carboxylic acids is 1. The van der Waals surface area contributed by atoms with Crippen LogP contribution in [0.2, 0.25) is 0 Å². The van der Waals surface area contributed by atoms with Gasteiger partial charge in [-0.2, -0.15) is 5.26 Å². The Morgan fingerprint density at radius 2 is 2.05 bits per heavy atom. The van der Waals surface area contributed by atoms with Crippen molar-refractivity contribution in [1.82, 2.24) is 5.32 Å². The predicted octanol–water partition coefficient (Wildman–Crippen LogP) is 1.64. The molecule has 1 amide bonds. The minimum atomic E-state index is -0.935. The number of hydrogen-bond donors (Lipinski definition) is 2. The summed E-state index contributed by atoms with van der Waals surface area (Å²) in [5.41, 5.74) is -0.601. The third-order valence-corrected chi connectivity index (χ3v) is 3.90. The largest absolute Gasteiger partial charge is 0.333 e. The van der Waals surface area contributed by atoms with E-state index in [0.29, 0.717) is 5.56 Å². The molecular formula is C16H22F2N3O+. The molecule has 0 spiro atoms. The Balaban J connectivity index is 2.62. The van der Waals surface area contributed by atoms with E-state index in [1.165, 1.54) is 12.1 Å². The van der Waals surface area contributed by atoms with E-state index in [9.17, 15) is 13.6 Å². The smallest absolute Gasteiger partial charge is 0.276 e. The van der Waals surface area contributed by atoms with E-state index in [1.54, 1.807) is 19.2 Å². The highest BCUT2D eigenvalue weighted by Crippen LogP contribution is 2.15. The first-order valence-electron chi connectivity index (χ1n) is 7.20. The zero-order chi connectivity index (χ0) is 16.9. The maximum Gasteiger partial charge on any atom is 0.276 e. The van der Waals surface area contributed by atoms with Crippen molar-refractivity contribution >= 4 is 5.91 Å². The topological polar surface area (TPSA) is 69.5 Å². The van der Waals surface area contributed by atoms with Gasteiger partial charge in [0.05, 0.1) is 6.07 Å². The Labute approximate surface area is 129 Å². The van der Waals surface area contributed by atoms with Crippen LogP contribution in [0.3, 0.4) is 0 Å². The highest BCUT2D eigenvalue weighted by atomic mass is 19.1. The van der Waals surface area contributed by atoms with E-state index < -0.39 is 17.2 Å². The van der Waals surface area contributed by atoms with Crippen molar-refractivity contribution in [2.45, 2.75) is 39.3 Å². The molecule has 0 heterocycles. The molecule has 120 valence electrons. The predicted molar refractivity (Wildman–Crippen MR) is 78.6 cm³/mol. The molecule has 0 bridgehead atoms. The van der Waals surface area contributed by atoms with Crippen LogP contribution in [0, 0.1) is 28.9 Å². The monoisotopic (exact) mass is 310 g/mol. The van der Waals surface area contributed by atoms with Crippen molar-refractivity contribution in [3.8, 4) is 6.07 Å². The number of amides is 1. The van der Waals surface area contributed by atoms with E-state index in [4.69, 9.17) is 5.26 Å². The number of quaternary nitrogens is 1. The van der Waals surface area contributed by atoms with Gasteiger partial charge in [0.25, 0.3) is 5.91 Å². The van der Waals surface area contributed by atoms with E-state index >= 15 is 0 Å². The van der Waals surface area contributed by atoms with Gasteiger partial charge >= 0.3 is 0 Å². The van der Waals surface area contributed by atoms with E-state index in [0.717, 1.165) is 6.07 Å². The minimum Gasteiger partial charge on any atom is -0.333 e. The van der Waals surface area contributed by atoms with Gasteiger partial charge in [-0.05, 0) is 31.9 Å². The second-order valence-electron chi connectivity index (χ2n) is 5.91. The molecule has 3 N–H and O–H groups in total. The molecule has 0 aliphatic rings. The molecule has 0 aromatic heterocycles. The molecule has 2 atom stereocenters. The molecule has 6 heteroatoms. The Hall–Kier alpha value is -2.00. The molecular weight excluding hydrogens is 288 g/mol. The van der Waals surface area contributed by atoms with Crippen LogP contribution >= 0.6 is 0 Å². The van der Waals surface area contributed by atoms with Crippen molar-refractivity contribution in [2.24, 2.45) is 5.92 Å². The number of nitrogens with two attached hydrogens (primary N) is 1. The van der Waals surface area contributed by atoms with Crippen molar-refractivity contribution in [1.29, 1.82) is 5.26 Å². The lowest BCUT2D eigenvalue weighted by molar-refractivity contribution is -0.682. The Bertz CT molecular complexity index is 583. The fraction of sp³-hybridized carbons (Fsp3) is 0.500. The fourth-order valence-electron chi connectivity index (χ4n) is 1.92. The quantitative estimate of drug-likeness (QED) is 0.838. The average Bonchev–Trinajstić information content (AvgIpc) is 2.44. The van der Waals surface area contributed by atoms with Crippen LogP contribution in [0.5, 0.6) is 0 Å². The first kappa shape index (κ1) is 18.1. The number of rotatable bonds is 6. The molecule has 1 aromatic carbocycles. The number of nitriles is 1. The van der Waals surface area contributed by atoms with Crippen LogP contribution in [-0.2, 0) is 4.79 Å². The van der Waals surface area contributed by atoms with Crippen LogP contribution in [0.4, 0.5) is 8.78 Å². The number of benzene rings is 1. The molecule has 0 saturated carbocycles. The summed E-state index contributed by atoms with van der Waals surface area (Å²) in [6.45, 7) is 7.16. The van der Waals surface area contributed by atoms with E-state index in [2.05, 4.69) is 11.4 Å². The summed E-state index contributed by atoms with van der Waals surface area (Å²) in [6.07, 6.45) is 0. The van der Waals surface area contributed by atoms with Crippen molar-refractivity contribution in [2.75, 3.05) is 6.54 Å². The molecule has 0 saturated heterocycles. The summed E-state index contributed by atoms with van der Waals surface area (Å²) >= 11 is 0.